The van der Waals surface area contributed by atoms with Gasteiger partial charge in [-0.25, -0.2) is 0 Å². The molecule has 8 heteroatoms. The summed E-state index contributed by atoms with van der Waals surface area (Å²) in [5.74, 6) is -0.885. The first-order valence-electron chi connectivity index (χ1n) is 6.98. The van der Waals surface area contributed by atoms with Crippen molar-refractivity contribution in [3.63, 3.8) is 0 Å². The second kappa shape index (κ2) is 9.49. The van der Waals surface area contributed by atoms with E-state index in [0.717, 1.165) is 0 Å². The van der Waals surface area contributed by atoms with Gasteiger partial charge in [-0.2, -0.15) is 5.48 Å². The third kappa shape index (κ3) is 9.17. The summed E-state index contributed by atoms with van der Waals surface area (Å²) in [6.07, 6.45) is 0.829. The summed E-state index contributed by atoms with van der Waals surface area (Å²) in [4.78, 5) is 16.4. The lowest BCUT2D eigenvalue weighted by Crippen LogP contribution is -2.43. The van der Waals surface area contributed by atoms with Gasteiger partial charge >= 0.3 is 14.8 Å². The lowest BCUT2D eigenvalue weighted by atomic mass is 10.1. The Balaban J connectivity index is 4.38. The Morgan fingerprint density at radius 1 is 1.19 bits per heavy atom. The number of nitrogens with one attached hydrogen (secondary N) is 1. The molecule has 0 bridgehead atoms. The summed E-state index contributed by atoms with van der Waals surface area (Å²) in [6, 6.07) is 0.617. The maximum atomic E-state index is 10.9. The number of aliphatic carboxylic acids is 1. The van der Waals surface area contributed by atoms with Crippen molar-refractivity contribution in [3.8, 4) is 0 Å². The number of hydrogen-bond acceptors (Lipinski definition) is 6. The molecule has 0 rings (SSSR count). The van der Waals surface area contributed by atoms with E-state index in [2.05, 4.69) is 5.48 Å². The van der Waals surface area contributed by atoms with Gasteiger partial charge in [0.2, 0.25) is 0 Å². The highest BCUT2D eigenvalue weighted by molar-refractivity contribution is 6.60. The van der Waals surface area contributed by atoms with Gasteiger partial charge in [0.1, 0.15) is 0 Å². The maximum absolute atomic E-state index is 10.9. The zero-order chi connectivity index (χ0) is 16.5. The standard InChI is InChI=1S/C13H29NO6Si/c1-13(2,3)14-20-11(10-12(15)16)8-7-9-21(17-4,18-5)19-6/h11,14H,7-10H2,1-6H3,(H,15,16). The summed E-state index contributed by atoms with van der Waals surface area (Å²) in [7, 11) is 2.08. The molecule has 0 aliphatic rings. The smallest absolute Gasteiger partial charge is 0.481 e. The third-order valence-corrected chi connectivity index (χ3v) is 5.71. The number of hydroxylamine groups is 1. The van der Waals surface area contributed by atoms with Crippen LogP contribution in [-0.2, 0) is 22.9 Å². The zero-order valence-electron chi connectivity index (χ0n) is 13.9. The van der Waals surface area contributed by atoms with Gasteiger partial charge in [0, 0.05) is 32.9 Å². The second-order valence-corrected chi connectivity index (χ2v) is 8.97. The van der Waals surface area contributed by atoms with Crippen LogP contribution in [0.1, 0.15) is 40.0 Å². The van der Waals surface area contributed by atoms with E-state index in [4.69, 9.17) is 23.2 Å². The van der Waals surface area contributed by atoms with Crippen molar-refractivity contribution >= 4 is 14.8 Å². The predicted octanol–water partition coefficient (Wildman–Crippen LogP) is 1.81. The monoisotopic (exact) mass is 323 g/mol. The van der Waals surface area contributed by atoms with E-state index >= 15 is 0 Å². The van der Waals surface area contributed by atoms with Gasteiger partial charge in [-0.3, -0.25) is 9.63 Å². The molecule has 1 unspecified atom stereocenters. The molecule has 0 saturated carbocycles. The van der Waals surface area contributed by atoms with Crippen molar-refractivity contribution in [2.45, 2.75) is 57.7 Å². The highest BCUT2D eigenvalue weighted by Crippen LogP contribution is 2.19. The topological polar surface area (TPSA) is 86.3 Å². The molecule has 21 heavy (non-hydrogen) atoms. The fourth-order valence-corrected chi connectivity index (χ4v) is 3.51. The Labute approximate surface area is 128 Å². The lowest BCUT2D eigenvalue weighted by molar-refractivity contribution is -0.144. The largest absolute Gasteiger partial charge is 0.500 e. The Kier molecular flexibility index (Phi) is 9.26. The van der Waals surface area contributed by atoms with Gasteiger partial charge in [-0.1, -0.05) is 0 Å². The molecular formula is C13H29NO6Si. The van der Waals surface area contributed by atoms with Crippen molar-refractivity contribution in [3.05, 3.63) is 0 Å². The molecule has 0 radical (unpaired) electrons. The van der Waals surface area contributed by atoms with E-state index in [-0.39, 0.29) is 12.0 Å². The van der Waals surface area contributed by atoms with Crippen LogP contribution in [-0.4, -0.2) is 52.9 Å². The van der Waals surface area contributed by atoms with Crippen LogP contribution in [0.5, 0.6) is 0 Å². The van der Waals surface area contributed by atoms with E-state index in [1.54, 1.807) is 21.3 Å². The minimum absolute atomic E-state index is 0.0510. The zero-order valence-corrected chi connectivity index (χ0v) is 14.9. The van der Waals surface area contributed by atoms with Crippen molar-refractivity contribution in [1.82, 2.24) is 5.48 Å². The summed E-state index contributed by atoms with van der Waals surface area (Å²) in [5, 5.41) is 8.94. The Hall–Kier alpha value is -0.513. The van der Waals surface area contributed by atoms with Crippen LogP contribution in [0.4, 0.5) is 0 Å². The molecule has 0 spiro atoms. The van der Waals surface area contributed by atoms with Crippen molar-refractivity contribution < 1.29 is 28.0 Å². The summed E-state index contributed by atoms with van der Waals surface area (Å²) >= 11 is 0. The summed E-state index contributed by atoms with van der Waals surface area (Å²) < 4.78 is 16.0. The number of hydrogen-bond donors (Lipinski definition) is 2. The molecule has 1 atom stereocenters. The van der Waals surface area contributed by atoms with Gasteiger partial charge < -0.3 is 18.4 Å². The number of carboxylic acids is 1. The molecule has 7 nitrogen and oxygen atoms in total. The Morgan fingerprint density at radius 3 is 2.10 bits per heavy atom. The lowest BCUT2D eigenvalue weighted by Gasteiger charge is -2.26. The quantitative estimate of drug-likeness (QED) is 0.443. The van der Waals surface area contributed by atoms with E-state index in [0.29, 0.717) is 18.9 Å². The molecule has 126 valence electrons. The van der Waals surface area contributed by atoms with E-state index in [1.807, 2.05) is 20.8 Å². The van der Waals surface area contributed by atoms with Crippen LogP contribution in [0, 0.1) is 0 Å². The van der Waals surface area contributed by atoms with Crippen molar-refractivity contribution in [2.24, 2.45) is 0 Å². The first-order chi connectivity index (χ1) is 9.68. The van der Waals surface area contributed by atoms with Crippen LogP contribution < -0.4 is 5.48 Å². The van der Waals surface area contributed by atoms with Crippen LogP contribution in [0.2, 0.25) is 6.04 Å². The van der Waals surface area contributed by atoms with E-state index < -0.39 is 20.9 Å². The fraction of sp³-hybridized carbons (Fsp3) is 0.923. The first-order valence-corrected chi connectivity index (χ1v) is 8.91. The average molecular weight is 323 g/mol. The third-order valence-electron chi connectivity index (χ3n) is 2.88. The molecule has 0 saturated heterocycles. The van der Waals surface area contributed by atoms with Gasteiger partial charge in [-0.15, -0.1) is 0 Å². The van der Waals surface area contributed by atoms with Gasteiger partial charge in [0.15, 0.2) is 0 Å². The molecule has 0 aliphatic heterocycles. The van der Waals surface area contributed by atoms with E-state index in [9.17, 15) is 4.79 Å². The highest BCUT2D eigenvalue weighted by Gasteiger charge is 2.37. The molecule has 0 heterocycles. The number of carbonyl (C=O) groups is 1. The molecule has 0 aromatic rings. The fourth-order valence-electron chi connectivity index (χ4n) is 1.76. The van der Waals surface area contributed by atoms with Gasteiger partial charge in [0.25, 0.3) is 0 Å². The molecule has 0 aliphatic carbocycles. The van der Waals surface area contributed by atoms with E-state index in [1.165, 1.54) is 0 Å². The molecule has 0 amide bonds. The number of carboxylic acid groups (broad SMARTS) is 1. The van der Waals surface area contributed by atoms with Crippen LogP contribution in [0.25, 0.3) is 0 Å². The predicted molar refractivity (Wildman–Crippen MR) is 80.8 cm³/mol. The van der Waals surface area contributed by atoms with Crippen molar-refractivity contribution in [2.75, 3.05) is 21.3 Å². The number of rotatable bonds is 11. The Bertz CT molecular complexity index is 295. The maximum Gasteiger partial charge on any atom is 0.500 e. The average Bonchev–Trinajstić information content (AvgIpc) is 2.40. The molecular weight excluding hydrogens is 294 g/mol. The van der Waals surface area contributed by atoms with Crippen molar-refractivity contribution in [1.29, 1.82) is 0 Å². The SMILES string of the molecule is CO[Si](CCCC(CC(=O)O)ONC(C)(C)C)(OC)OC. The van der Waals surface area contributed by atoms with Crippen LogP contribution in [0.15, 0.2) is 0 Å². The first kappa shape index (κ1) is 20.5. The summed E-state index contributed by atoms with van der Waals surface area (Å²) in [5.41, 5.74) is 2.64. The minimum Gasteiger partial charge on any atom is -0.481 e. The minimum atomic E-state index is -2.61. The van der Waals surface area contributed by atoms with Crippen LogP contribution >= 0.6 is 0 Å². The van der Waals surface area contributed by atoms with Gasteiger partial charge in [-0.05, 0) is 33.6 Å². The second-order valence-electron chi connectivity index (χ2n) is 5.88. The molecule has 0 fully saturated rings. The molecule has 0 aromatic heterocycles. The molecule has 2 N–H and O–H groups in total. The van der Waals surface area contributed by atoms with Gasteiger partial charge in [0.05, 0.1) is 12.5 Å². The molecule has 0 aromatic carbocycles. The Morgan fingerprint density at radius 2 is 1.71 bits per heavy atom. The van der Waals surface area contributed by atoms with Crippen LogP contribution in [0.3, 0.4) is 0 Å². The normalized spacial score (nSPS) is 14.2. The highest BCUT2D eigenvalue weighted by atomic mass is 28.4. The summed E-state index contributed by atoms with van der Waals surface area (Å²) in [6.45, 7) is 5.84.